The summed E-state index contributed by atoms with van der Waals surface area (Å²) < 4.78 is 0. The van der Waals surface area contributed by atoms with Crippen LogP contribution in [0.4, 0.5) is 0 Å². The molecule has 0 spiro atoms. The monoisotopic (exact) mass is 303 g/mol. The zero-order valence-corrected chi connectivity index (χ0v) is 13.7. The summed E-state index contributed by atoms with van der Waals surface area (Å²) in [5.41, 5.74) is 7.72. The lowest BCUT2D eigenvalue weighted by atomic mass is 9.47. The summed E-state index contributed by atoms with van der Waals surface area (Å²) in [5.74, 6) is 1.81. The van der Waals surface area contributed by atoms with Crippen LogP contribution in [0.15, 0.2) is 23.9 Å². The van der Waals surface area contributed by atoms with Gasteiger partial charge in [-0.2, -0.15) is 0 Å². The van der Waals surface area contributed by atoms with Crippen LogP contribution < -0.4 is 5.73 Å². The van der Waals surface area contributed by atoms with Gasteiger partial charge < -0.3 is 15.9 Å². The van der Waals surface area contributed by atoms with Crippen LogP contribution in [0.5, 0.6) is 0 Å². The molecule has 4 aliphatic rings. The molecule has 22 heavy (non-hydrogen) atoms. The second-order valence-electron chi connectivity index (χ2n) is 8.68. The van der Waals surface area contributed by atoms with Gasteiger partial charge in [-0.3, -0.25) is 0 Å². The Hall–Kier alpha value is -0.800. The van der Waals surface area contributed by atoms with Crippen molar-refractivity contribution in [1.82, 2.24) is 0 Å². The van der Waals surface area contributed by atoms with E-state index in [1.807, 2.05) is 6.08 Å². The number of hydrogen-bond acceptors (Lipinski definition) is 3. The fourth-order valence-electron chi connectivity index (χ4n) is 6.30. The summed E-state index contributed by atoms with van der Waals surface area (Å²) in [5, 5.41) is 20.5. The van der Waals surface area contributed by atoms with Gasteiger partial charge in [-0.1, -0.05) is 32.1 Å². The lowest BCUT2D eigenvalue weighted by molar-refractivity contribution is -0.0631. The van der Waals surface area contributed by atoms with Crippen molar-refractivity contribution in [3.05, 3.63) is 23.9 Å². The highest BCUT2D eigenvalue weighted by molar-refractivity contribution is 5.28. The van der Waals surface area contributed by atoms with E-state index < -0.39 is 0 Å². The van der Waals surface area contributed by atoms with Crippen molar-refractivity contribution < 1.29 is 10.2 Å². The van der Waals surface area contributed by atoms with Crippen LogP contribution in [0.1, 0.15) is 46.0 Å². The summed E-state index contributed by atoms with van der Waals surface area (Å²) in [6.45, 7) is 4.63. The van der Waals surface area contributed by atoms with Gasteiger partial charge in [-0.25, -0.2) is 0 Å². The van der Waals surface area contributed by atoms with Gasteiger partial charge in [0, 0.05) is 11.6 Å². The first-order valence-electron chi connectivity index (χ1n) is 8.89. The zero-order valence-electron chi connectivity index (χ0n) is 13.7. The second kappa shape index (κ2) is 4.61. The molecule has 3 nitrogen and oxygen atoms in total. The Morgan fingerprint density at radius 3 is 2.68 bits per heavy atom. The minimum absolute atomic E-state index is 0.0424. The molecular formula is C19H29NO2. The minimum atomic E-state index is -0.333. The highest BCUT2D eigenvalue weighted by Gasteiger charge is 2.59. The number of aliphatic hydroxyl groups is 2. The Kier molecular flexibility index (Phi) is 3.09. The van der Waals surface area contributed by atoms with Crippen molar-refractivity contribution in [2.24, 2.45) is 40.2 Å². The molecule has 0 bridgehead atoms. The molecule has 0 aromatic heterocycles. The Morgan fingerprint density at radius 1 is 1.14 bits per heavy atom. The summed E-state index contributed by atoms with van der Waals surface area (Å²) in [7, 11) is 0. The normalized spacial score (nSPS) is 56.8. The third kappa shape index (κ3) is 1.75. The molecule has 4 N–H and O–H groups in total. The van der Waals surface area contributed by atoms with Crippen LogP contribution in [-0.2, 0) is 0 Å². The minimum Gasteiger partial charge on any atom is -0.402 e. The van der Waals surface area contributed by atoms with E-state index in [4.69, 9.17) is 5.73 Å². The van der Waals surface area contributed by atoms with E-state index in [9.17, 15) is 10.2 Å². The van der Waals surface area contributed by atoms with Crippen LogP contribution in [0.25, 0.3) is 0 Å². The van der Waals surface area contributed by atoms with E-state index in [0.29, 0.717) is 23.7 Å². The van der Waals surface area contributed by atoms with Crippen molar-refractivity contribution in [2.45, 2.75) is 58.2 Å². The Labute approximate surface area is 133 Å². The Balaban J connectivity index is 1.76. The number of nitrogens with two attached hydrogens (primary N) is 1. The number of fused-ring (bicyclic) bond motifs is 5. The van der Waals surface area contributed by atoms with Crippen molar-refractivity contribution in [1.29, 1.82) is 0 Å². The van der Waals surface area contributed by atoms with E-state index in [2.05, 4.69) is 26.0 Å². The Bertz CT molecular complexity index is 542. The van der Waals surface area contributed by atoms with E-state index >= 15 is 0 Å². The highest BCUT2D eigenvalue weighted by atomic mass is 16.3. The van der Waals surface area contributed by atoms with Gasteiger partial charge >= 0.3 is 0 Å². The molecule has 122 valence electrons. The SMILES string of the molecule is C[C@]12C=C[C@H](O)C[C@H]1C=C(N)[C@@H]1[C@@H]2CC[C@]2(C)[C@@H](O)CC[C@@H]12. The quantitative estimate of drug-likeness (QED) is 0.603. The molecule has 0 radical (unpaired) electrons. The third-order valence-electron chi connectivity index (χ3n) is 7.77. The largest absolute Gasteiger partial charge is 0.402 e. The van der Waals surface area contributed by atoms with Gasteiger partial charge in [0.05, 0.1) is 12.2 Å². The summed E-state index contributed by atoms with van der Waals surface area (Å²) in [6, 6.07) is 0. The molecule has 0 aromatic rings. The second-order valence-corrected chi connectivity index (χ2v) is 8.68. The number of hydrogen-bond donors (Lipinski definition) is 3. The fraction of sp³-hybridized carbons (Fsp3) is 0.789. The first-order chi connectivity index (χ1) is 10.4. The number of allylic oxidation sites excluding steroid dienone is 3. The van der Waals surface area contributed by atoms with Crippen LogP contribution in [-0.4, -0.2) is 22.4 Å². The maximum Gasteiger partial charge on any atom is 0.0727 e. The van der Waals surface area contributed by atoms with Crippen molar-refractivity contribution >= 4 is 0 Å². The van der Waals surface area contributed by atoms with Crippen molar-refractivity contribution in [2.75, 3.05) is 0 Å². The first kappa shape index (κ1) is 14.8. The van der Waals surface area contributed by atoms with Gasteiger partial charge in [0.2, 0.25) is 0 Å². The predicted molar refractivity (Wildman–Crippen MR) is 86.7 cm³/mol. The topological polar surface area (TPSA) is 66.5 Å². The molecule has 0 heterocycles. The molecule has 0 unspecified atom stereocenters. The maximum atomic E-state index is 10.5. The van der Waals surface area contributed by atoms with Gasteiger partial charge in [0.25, 0.3) is 0 Å². The zero-order chi connectivity index (χ0) is 15.7. The molecule has 4 rings (SSSR count). The smallest absolute Gasteiger partial charge is 0.0727 e. The molecule has 4 aliphatic carbocycles. The first-order valence-corrected chi connectivity index (χ1v) is 8.89. The third-order valence-corrected chi connectivity index (χ3v) is 7.77. The van der Waals surface area contributed by atoms with Crippen LogP contribution >= 0.6 is 0 Å². The standard InChI is InChI=1S/C19H29NO2/c1-18-7-5-12(21)9-11(18)10-15(20)17-13-3-4-16(22)19(13,2)8-6-14(17)18/h5,7,10-14,16-17,21-22H,3-4,6,8-9,20H2,1-2H3/t11-,12-,13-,14-,16-,17-,18-,19-/m0/s1. The van der Waals surface area contributed by atoms with E-state index in [1.54, 1.807) is 0 Å². The van der Waals surface area contributed by atoms with Crippen molar-refractivity contribution in [3.63, 3.8) is 0 Å². The van der Waals surface area contributed by atoms with Gasteiger partial charge in [-0.15, -0.1) is 0 Å². The van der Waals surface area contributed by atoms with Crippen LogP contribution in [0.3, 0.4) is 0 Å². The average Bonchev–Trinajstić information content (AvgIpc) is 2.77. The molecule has 0 aromatic carbocycles. The molecule has 8 atom stereocenters. The fourth-order valence-corrected chi connectivity index (χ4v) is 6.30. The van der Waals surface area contributed by atoms with E-state index in [0.717, 1.165) is 37.8 Å². The lowest BCUT2D eigenvalue weighted by Crippen LogP contribution is -2.53. The van der Waals surface area contributed by atoms with Crippen LogP contribution in [0, 0.1) is 34.5 Å². The van der Waals surface area contributed by atoms with Crippen LogP contribution in [0.2, 0.25) is 0 Å². The van der Waals surface area contributed by atoms with Gasteiger partial charge in [-0.05, 0) is 60.7 Å². The summed E-state index contributed by atoms with van der Waals surface area (Å²) in [6.07, 6.45) is 11.0. The Morgan fingerprint density at radius 2 is 1.91 bits per heavy atom. The number of aliphatic hydroxyl groups excluding tert-OH is 2. The highest BCUT2D eigenvalue weighted by Crippen LogP contribution is 2.64. The molecule has 2 saturated carbocycles. The van der Waals surface area contributed by atoms with Crippen molar-refractivity contribution in [3.8, 4) is 0 Å². The lowest BCUT2D eigenvalue weighted by Gasteiger charge is -2.57. The van der Waals surface area contributed by atoms with Gasteiger partial charge in [0.1, 0.15) is 0 Å². The molecule has 0 amide bonds. The van der Waals surface area contributed by atoms with E-state index in [-0.39, 0.29) is 23.0 Å². The molecular weight excluding hydrogens is 274 g/mol. The molecule has 0 saturated heterocycles. The van der Waals surface area contributed by atoms with Gasteiger partial charge in [0.15, 0.2) is 0 Å². The average molecular weight is 303 g/mol. The summed E-state index contributed by atoms with van der Waals surface area (Å²) >= 11 is 0. The number of rotatable bonds is 0. The summed E-state index contributed by atoms with van der Waals surface area (Å²) in [4.78, 5) is 0. The molecule has 0 aliphatic heterocycles. The molecule has 3 heteroatoms. The molecule has 2 fully saturated rings. The maximum absolute atomic E-state index is 10.5. The van der Waals surface area contributed by atoms with E-state index in [1.165, 1.54) is 0 Å². The predicted octanol–water partition coefficient (Wildman–Crippen LogP) is 2.59.